The van der Waals surface area contributed by atoms with Crippen LogP contribution in [0.5, 0.6) is 0 Å². The third-order valence-electron chi connectivity index (χ3n) is 6.85. The summed E-state index contributed by atoms with van der Waals surface area (Å²) in [5.41, 5.74) is 2.75. The molecule has 0 saturated carbocycles. The predicted octanol–water partition coefficient (Wildman–Crippen LogP) is 5.63. The van der Waals surface area contributed by atoms with Gasteiger partial charge in [-0.2, -0.15) is 0 Å². The second-order valence-corrected chi connectivity index (χ2v) is 9.80. The van der Waals surface area contributed by atoms with Crippen LogP contribution in [0.1, 0.15) is 38.5 Å². The van der Waals surface area contributed by atoms with Crippen LogP contribution in [-0.2, 0) is 0 Å². The molecule has 0 aromatic heterocycles. The summed E-state index contributed by atoms with van der Waals surface area (Å²) >= 11 is 1.90. The van der Waals surface area contributed by atoms with Gasteiger partial charge in [-0.1, -0.05) is 36.0 Å². The number of nitrogens with zero attached hydrogens (tertiary/aromatic N) is 3. The summed E-state index contributed by atoms with van der Waals surface area (Å²) in [5.74, 6) is 0. The van der Waals surface area contributed by atoms with Gasteiger partial charge in [-0.05, 0) is 95.5 Å². The lowest BCUT2D eigenvalue weighted by atomic mass is 10.0. The van der Waals surface area contributed by atoms with Crippen molar-refractivity contribution in [2.75, 3.05) is 44.2 Å². The molecule has 2 fully saturated rings. The van der Waals surface area contributed by atoms with Gasteiger partial charge in [-0.25, -0.2) is 0 Å². The maximum absolute atomic E-state index is 2.75. The first-order valence-corrected chi connectivity index (χ1v) is 12.3. The highest BCUT2D eigenvalue weighted by Gasteiger charge is 2.26. The quantitative estimate of drug-likeness (QED) is 0.574. The Morgan fingerprint density at radius 1 is 0.724 bits per heavy atom. The van der Waals surface area contributed by atoms with Gasteiger partial charge in [0, 0.05) is 22.4 Å². The van der Waals surface area contributed by atoms with Crippen molar-refractivity contribution in [3.05, 3.63) is 48.5 Å². The molecule has 0 unspecified atom stereocenters. The molecule has 2 aromatic rings. The van der Waals surface area contributed by atoms with E-state index in [0.717, 1.165) is 12.6 Å². The zero-order valence-corrected chi connectivity index (χ0v) is 18.2. The van der Waals surface area contributed by atoms with Gasteiger partial charge in [-0.3, -0.25) is 0 Å². The average Bonchev–Trinajstić information content (AvgIpc) is 3.31. The van der Waals surface area contributed by atoms with Crippen molar-refractivity contribution in [2.45, 2.75) is 54.4 Å². The lowest BCUT2D eigenvalue weighted by Gasteiger charge is -2.37. The van der Waals surface area contributed by atoms with Gasteiger partial charge >= 0.3 is 0 Å². The van der Waals surface area contributed by atoms with E-state index in [9.17, 15) is 0 Å². The lowest BCUT2D eigenvalue weighted by molar-refractivity contribution is 0.126. The summed E-state index contributed by atoms with van der Waals surface area (Å²) in [6, 6.07) is 18.6. The molecule has 0 N–H and O–H groups in total. The normalized spacial score (nSPS) is 20.6. The summed E-state index contributed by atoms with van der Waals surface area (Å²) in [6.07, 6.45) is 8.14. The number of para-hydroxylation sites is 2. The number of hydrogen-bond donors (Lipinski definition) is 0. The number of piperidine rings is 1. The predicted molar refractivity (Wildman–Crippen MR) is 124 cm³/mol. The highest BCUT2D eigenvalue weighted by molar-refractivity contribution is 7.99. The van der Waals surface area contributed by atoms with E-state index in [-0.39, 0.29) is 0 Å². The number of likely N-dealkylation sites (tertiary alicyclic amines) is 2. The van der Waals surface area contributed by atoms with Crippen LogP contribution in [-0.4, -0.2) is 55.1 Å². The van der Waals surface area contributed by atoms with E-state index in [2.05, 4.69) is 63.2 Å². The molecule has 0 bridgehead atoms. The van der Waals surface area contributed by atoms with E-state index in [0.29, 0.717) is 0 Å². The number of rotatable bonds is 6. The minimum absolute atomic E-state index is 0.868. The maximum Gasteiger partial charge on any atom is 0.0552 e. The molecule has 4 heteroatoms. The summed E-state index contributed by atoms with van der Waals surface area (Å²) in [7, 11) is 0. The summed E-state index contributed by atoms with van der Waals surface area (Å²) in [5, 5.41) is 0. The first-order valence-electron chi connectivity index (χ1n) is 11.5. The van der Waals surface area contributed by atoms with Crippen molar-refractivity contribution in [3.63, 3.8) is 0 Å². The van der Waals surface area contributed by atoms with Crippen LogP contribution in [0, 0.1) is 0 Å². The fourth-order valence-corrected chi connectivity index (χ4v) is 6.34. The van der Waals surface area contributed by atoms with Gasteiger partial charge in [0.2, 0.25) is 0 Å². The largest absolute Gasteiger partial charge is 0.340 e. The van der Waals surface area contributed by atoms with Crippen molar-refractivity contribution in [1.82, 2.24) is 9.80 Å². The molecule has 0 amide bonds. The molecule has 0 aliphatic carbocycles. The van der Waals surface area contributed by atoms with Crippen molar-refractivity contribution < 1.29 is 0 Å². The van der Waals surface area contributed by atoms with Crippen LogP contribution in [0.3, 0.4) is 0 Å². The molecule has 0 radical (unpaired) electrons. The van der Waals surface area contributed by atoms with Crippen LogP contribution in [0.2, 0.25) is 0 Å². The summed E-state index contributed by atoms with van der Waals surface area (Å²) in [6.45, 7) is 7.67. The standard InChI is InChI=1S/C25H33N3S/c1-3-11-24-22(9-1)28(23-10-2-4-12-25(23)29-24)18-8-5-15-26-19-13-21(14-20-26)27-16-6-7-17-27/h1-4,9-12,21H,5-8,13-20H2. The zero-order chi connectivity index (χ0) is 19.5. The van der Waals surface area contributed by atoms with E-state index in [1.165, 1.54) is 92.4 Å². The van der Waals surface area contributed by atoms with Gasteiger partial charge in [0.15, 0.2) is 0 Å². The zero-order valence-electron chi connectivity index (χ0n) is 17.4. The lowest BCUT2D eigenvalue weighted by Crippen LogP contribution is -2.44. The Balaban J connectivity index is 1.13. The summed E-state index contributed by atoms with van der Waals surface area (Å²) < 4.78 is 0. The van der Waals surface area contributed by atoms with E-state index in [1.54, 1.807) is 0 Å². The minimum Gasteiger partial charge on any atom is -0.340 e. The molecule has 3 heterocycles. The topological polar surface area (TPSA) is 9.72 Å². The molecule has 0 spiro atoms. The van der Waals surface area contributed by atoms with Crippen molar-refractivity contribution in [2.24, 2.45) is 0 Å². The van der Waals surface area contributed by atoms with Gasteiger partial charge in [0.05, 0.1) is 11.4 Å². The fourth-order valence-electron chi connectivity index (χ4n) is 5.24. The molecule has 2 aromatic carbocycles. The Morgan fingerprint density at radius 2 is 1.31 bits per heavy atom. The van der Waals surface area contributed by atoms with E-state index >= 15 is 0 Å². The molecular formula is C25H33N3S. The number of anilines is 2. The molecule has 0 atom stereocenters. The average molecular weight is 408 g/mol. The minimum atomic E-state index is 0.868. The highest BCUT2D eigenvalue weighted by Crippen LogP contribution is 2.47. The van der Waals surface area contributed by atoms with Gasteiger partial charge in [-0.15, -0.1) is 0 Å². The first kappa shape index (κ1) is 19.5. The molecule has 3 nitrogen and oxygen atoms in total. The maximum atomic E-state index is 2.75. The van der Waals surface area contributed by atoms with E-state index in [1.807, 2.05) is 11.8 Å². The van der Waals surface area contributed by atoms with Crippen molar-refractivity contribution in [1.29, 1.82) is 0 Å². The second-order valence-electron chi connectivity index (χ2n) is 8.71. The van der Waals surface area contributed by atoms with Gasteiger partial charge < -0.3 is 14.7 Å². The Bertz CT molecular complexity index is 764. The molecule has 5 rings (SSSR count). The Hall–Kier alpha value is -1.49. The SMILES string of the molecule is c1ccc2c(c1)Sc1ccccc1N2CCCCN1CCC(N2CCCC2)CC1. The van der Waals surface area contributed by atoms with Crippen molar-refractivity contribution in [3.8, 4) is 0 Å². The van der Waals surface area contributed by atoms with Gasteiger partial charge in [0.25, 0.3) is 0 Å². The van der Waals surface area contributed by atoms with E-state index in [4.69, 9.17) is 0 Å². The third kappa shape index (κ3) is 4.35. The monoisotopic (exact) mass is 407 g/mol. The van der Waals surface area contributed by atoms with Crippen LogP contribution >= 0.6 is 11.8 Å². The Kier molecular flexibility index (Phi) is 6.12. The third-order valence-corrected chi connectivity index (χ3v) is 7.98. The number of benzene rings is 2. The molecule has 2 saturated heterocycles. The molecule has 3 aliphatic heterocycles. The van der Waals surface area contributed by atoms with Crippen LogP contribution in [0.15, 0.2) is 58.3 Å². The molecule has 3 aliphatic rings. The smallest absolute Gasteiger partial charge is 0.0552 e. The number of hydrogen-bond acceptors (Lipinski definition) is 4. The highest BCUT2D eigenvalue weighted by atomic mass is 32.2. The summed E-state index contributed by atoms with van der Waals surface area (Å²) in [4.78, 5) is 10.8. The molecule has 29 heavy (non-hydrogen) atoms. The Morgan fingerprint density at radius 3 is 1.97 bits per heavy atom. The van der Waals surface area contributed by atoms with Gasteiger partial charge in [0.1, 0.15) is 0 Å². The molecule has 154 valence electrons. The van der Waals surface area contributed by atoms with Crippen molar-refractivity contribution >= 4 is 23.1 Å². The van der Waals surface area contributed by atoms with Crippen LogP contribution in [0.4, 0.5) is 11.4 Å². The first-order chi connectivity index (χ1) is 14.4. The van der Waals surface area contributed by atoms with Crippen LogP contribution in [0.25, 0.3) is 0 Å². The Labute approximate surface area is 180 Å². The number of unbranched alkanes of at least 4 members (excludes halogenated alkanes) is 1. The number of fused-ring (bicyclic) bond motifs is 2. The fraction of sp³-hybridized carbons (Fsp3) is 0.520. The van der Waals surface area contributed by atoms with Crippen LogP contribution < -0.4 is 4.90 Å². The second kappa shape index (κ2) is 9.11. The molecular weight excluding hydrogens is 374 g/mol. The van der Waals surface area contributed by atoms with E-state index < -0.39 is 0 Å².